The molecule has 22 heavy (non-hydrogen) atoms. The number of nitrogens with zero attached hydrogens (tertiary/aromatic N) is 2. The van der Waals surface area contributed by atoms with Gasteiger partial charge in [0.2, 0.25) is 11.7 Å². The number of hydrogen-bond donors (Lipinski definition) is 1. The number of rotatable bonds is 4. The summed E-state index contributed by atoms with van der Waals surface area (Å²) in [4.78, 5) is 4.26. The van der Waals surface area contributed by atoms with Crippen LogP contribution in [0.15, 0.2) is 64.0 Å². The van der Waals surface area contributed by atoms with E-state index >= 15 is 0 Å². The van der Waals surface area contributed by atoms with Crippen molar-refractivity contribution in [1.29, 1.82) is 0 Å². The first-order valence-electron chi connectivity index (χ1n) is 6.53. The molecule has 3 aromatic rings. The van der Waals surface area contributed by atoms with Crippen molar-refractivity contribution >= 4 is 15.7 Å². The molecule has 0 aliphatic rings. The highest BCUT2D eigenvalue weighted by atomic mass is 32.2. The first-order valence-corrected chi connectivity index (χ1v) is 8.01. The Labute approximate surface area is 127 Å². The van der Waals surface area contributed by atoms with Gasteiger partial charge in [-0.05, 0) is 36.4 Å². The summed E-state index contributed by atoms with van der Waals surface area (Å²) in [5.74, 6) is 0.884. The maximum Gasteiger partial charge on any atom is 0.261 e. The molecule has 1 N–H and O–H groups in total. The van der Waals surface area contributed by atoms with Gasteiger partial charge in [0, 0.05) is 18.2 Å². The SMILES string of the molecule is Cc1nc(-c2ccc(S(=O)(=O)Nc3ccccc3)cc2)no1. The summed E-state index contributed by atoms with van der Waals surface area (Å²) in [6.45, 7) is 1.69. The van der Waals surface area contributed by atoms with Crippen LogP contribution in [-0.4, -0.2) is 18.6 Å². The maximum absolute atomic E-state index is 12.3. The highest BCUT2D eigenvalue weighted by Gasteiger charge is 2.15. The molecule has 3 rings (SSSR count). The van der Waals surface area contributed by atoms with Crippen LogP contribution >= 0.6 is 0 Å². The Hall–Kier alpha value is -2.67. The molecule has 7 heteroatoms. The Morgan fingerprint density at radius 3 is 2.27 bits per heavy atom. The molecule has 1 heterocycles. The molecule has 1 aromatic heterocycles. The van der Waals surface area contributed by atoms with E-state index in [9.17, 15) is 8.42 Å². The van der Waals surface area contributed by atoms with E-state index in [1.165, 1.54) is 12.1 Å². The summed E-state index contributed by atoms with van der Waals surface area (Å²) < 4.78 is 32.0. The third-order valence-electron chi connectivity index (χ3n) is 2.98. The largest absolute Gasteiger partial charge is 0.339 e. The number of aryl methyl sites for hydroxylation is 1. The number of para-hydroxylation sites is 1. The third kappa shape index (κ3) is 2.99. The van der Waals surface area contributed by atoms with E-state index in [0.717, 1.165) is 0 Å². The molecule has 0 fully saturated rings. The van der Waals surface area contributed by atoms with Gasteiger partial charge in [0.05, 0.1) is 4.90 Å². The van der Waals surface area contributed by atoms with E-state index in [2.05, 4.69) is 14.9 Å². The van der Waals surface area contributed by atoms with E-state index in [-0.39, 0.29) is 4.90 Å². The number of sulfonamides is 1. The second-order valence-electron chi connectivity index (χ2n) is 4.63. The lowest BCUT2D eigenvalue weighted by molar-refractivity contribution is 0.394. The lowest BCUT2D eigenvalue weighted by Crippen LogP contribution is -2.12. The van der Waals surface area contributed by atoms with Crippen molar-refractivity contribution in [3.8, 4) is 11.4 Å². The van der Waals surface area contributed by atoms with Crippen LogP contribution in [-0.2, 0) is 10.0 Å². The molecular weight excluding hydrogens is 302 g/mol. The number of hydrogen-bond acceptors (Lipinski definition) is 5. The lowest BCUT2D eigenvalue weighted by atomic mass is 10.2. The topological polar surface area (TPSA) is 85.1 Å². The summed E-state index contributed by atoms with van der Waals surface area (Å²) in [5, 5.41) is 3.79. The molecule has 112 valence electrons. The van der Waals surface area contributed by atoms with Crippen molar-refractivity contribution in [3.63, 3.8) is 0 Å². The molecule has 0 aliphatic carbocycles. The average molecular weight is 315 g/mol. The molecule has 6 nitrogen and oxygen atoms in total. The van der Waals surface area contributed by atoms with Gasteiger partial charge in [-0.15, -0.1) is 0 Å². The number of aromatic nitrogens is 2. The highest BCUT2D eigenvalue weighted by molar-refractivity contribution is 7.92. The zero-order chi connectivity index (χ0) is 15.6. The number of benzene rings is 2. The van der Waals surface area contributed by atoms with E-state index in [4.69, 9.17) is 4.52 Å². The van der Waals surface area contributed by atoms with Gasteiger partial charge < -0.3 is 4.52 Å². The van der Waals surface area contributed by atoms with Crippen molar-refractivity contribution in [2.75, 3.05) is 4.72 Å². The predicted molar refractivity (Wildman–Crippen MR) is 81.7 cm³/mol. The van der Waals surface area contributed by atoms with Gasteiger partial charge in [-0.25, -0.2) is 8.42 Å². The summed E-state index contributed by atoms with van der Waals surface area (Å²) >= 11 is 0. The van der Waals surface area contributed by atoms with Gasteiger partial charge in [-0.2, -0.15) is 4.98 Å². The smallest absolute Gasteiger partial charge is 0.261 e. The van der Waals surface area contributed by atoms with Crippen LogP contribution in [0.25, 0.3) is 11.4 Å². The van der Waals surface area contributed by atoms with Gasteiger partial charge in [-0.3, -0.25) is 4.72 Å². The second kappa shape index (κ2) is 5.61. The van der Waals surface area contributed by atoms with Crippen LogP contribution < -0.4 is 4.72 Å². The summed E-state index contributed by atoms with van der Waals surface area (Å²) in [6, 6.07) is 15.0. The van der Waals surface area contributed by atoms with Crippen molar-refractivity contribution in [3.05, 3.63) is 60.5 Å². The molecule has 0 spiro atoms. The molecule has 0 amide bonds. The van der Waals surface area contributed by atoms with Crippen LogP contribution in [0.5, 0.6) is 0 Å². The Kier molecular flexibility index (Phi) is 3.64. The minimum atomic E-state index is -3.62. The summed E-state index contributed by atoms with van der Waals surface area (Å²) in [5.41, 5.74) is 1.20. The van der Waals surface area contributed by atoms with Crippen LogP contribution in [0.1, 0.15) is 5.89 Å². The zero-order valence-corrected chi connectivity index (χ0v) is 12.5. The molecule has 0 aliphatic heterocycles. The number of anilines is 1. The average Bonchev–Trinajstić information content (AvgIpc) is 2.95. The fourth-order valence-corrected chi connectivity index (χ4v) is 2.98. The Morgan fingerprint density at radius 1 is 1.00 bits per heavy atom. The van der Waals surface area contributed by atoms with Gasteiger partial charge >= 0.3 is 0 Å². The van der Waals surface area contributed by atoms with E-state index in [1.807, 2.05) is 6.07 Å². The monoisotopic (exact) mass is 315 g/mol. The van der Waals surface area contributed by atoms with Crippen LogP contribution in [0.4, 0.5) is 5.69 Å². The Morgan fingerprint density at radius 2 is 1.68 bits per heavy atom. The van der Waals surface area contributed by atoms with Crippen LogP contribution in [0, 0.1) is 6.92 Å². The quantitative estimate of drug-likeness (QED) is 0.800. The molecular formula is C15H13N3O3S. The number of nitrogens with one attached hydrogen (secondary N) is 1. The second-order valence-corrected chi connectivity index (χ2v) is 6.32. The lowest BCUT2D eigenvalue weighted by Gasteiger charge is -2.08. The van der Waals surface area contributed by atoms with Gasteiger partial charge in [0.1, 0.15) is 0 Å². The molecule has 2 aromatic carbocycles. The van der Waals surface area contributed by atoms with E-state index in [0.29, 0.717) is 23.0 Å². The van der Waals surface area contributed by atoms with Crippen molar-refractivity contribution in [2.24, 2.45) is 0 Å². The van der Waals surface area contributed by atoms with Gasteiger partial charge in [-0.1, -0.05) is 23.4 Å². The molecule has 0 atom stereocenters. The molecule has 0 saturated heterocycles. The van der Waals surface area contributed by atoms with Crippen LogP contribution in [0.3, 0.4) is 0 Å². The Bertz CT molecular complexity index is 872. The summed E-state index contributed by atoms with van der Waals surface area (Å²) in [7, 11) is -3.62. The highest BCUT2D eigenvalue weighted by Crippen LogP contribution is 2.20. The fourth-order valence-electron chi connectivity index (χ4n) is 1.92. The Balaban J connectivity index is 1.86. The fraction of sp³-hybridized carbons (Fsp3) is 0.0667. The first kappa shape index (κ1) is 14.3. The zero-order valence-electron chi connectivity index (χ0n) is 11.7. The van der Waals surface area contributed by atoms with Gasteiger partial charge in [0.15, 0.2) is 0 Å². The van der Waals surface area contributed by atoms with Crippen molar-refractivity contribution < 1.29 is 12.9 Å². The third-order valence-corrected chi connectivity index (χ3v) is 4.37. The van der Waals surface area contributed by atoms with E-state index < -0.39 is 10.0 Å². The minimum Gasteiger partial charge on any atom is -0.339 e. The standard InChI is InChI=1S/C15H13N3O3S/c1-11-16-15(17-21-11)12-7-9-14(10-8-12)22(19,20)18-13-5-3-2-4-6-13/h2-10,18H,1H3. The van der Waals surface area contributed by atoms with Crippen molar-refractivity contribution in [2.45, 2.75) is 11.8 Å². The summed E-state index contributed by atoms with van der Waals surface area (Å²) in [6.07, 6.45) is 0. The molecule has 0 saturated carbocycles. The molecule has 0 unspecified atom stereocenters. The first-order chi connectivity index (χ1) is 10.5. The van der Waals surface area contributed by atoms with Gasteiger partial charge in [0.25, 0.3) is 10.0 Å². The molecule has 0 bridgehead atoms. The molecule has 0 radical (unpaired) electrons. The van der Waals surface area contributed by atoms with Crippen LogP contribution in [0.2, 0.25) is 0 Å². The maximum atomic E-state index is 12.3. The van der Waals surface area contributed by atoms with Crippen molar-refractivity contribution in [1.82, 2.24) is 10.1 Å². The normalized spacial score (nSPS) is 11.3. The van der Waals surface area contributed by atoms with E-state index in [1.54, 1.807) is 43.3 Å². The minimum absolute atomic E-state index is 0.167. The predicted octanol–water partition coefficient (Wildman–Crippen LogP) is 2.85.